The fraction of sp³-hybridized carbons (Fsp3) is 0.400. The maximum absolute atomic E-state index is 14.5. The number of rotatable bonds is 5. The number of benzene rings is 1. The highest BCUT2D eigenvalue weighted by Gasteiger charge is 2.40. The van der Waals surface area contributed by atoms with Crippen molar-refractivity contribution in [3.05, 3.63) is 52.3 Å². The zero-order valence-electron chi connectivity index (χ0n) is 15.7. The number of hydrogen-bond acceptors (Lipinski definition) is 6. The Bertz CT molecular complexity index is 888. The van der Waals surface area contributed by atoms with Crippen LogP contribution in [0.3, 0.4) is 0 Å². The SMILES string of the molecule is Cl.Cl.Nc1nc(/C=C2/CN(C(C(=O)C3CC3)c3ccccc3F)CCC2S)cs1. The van der Waals surface area contributed by atoms with Crippen molar-refractivity contribution in [1.82, 2.24) is 9.88 Å². The normalized spacial score (nSPS) is 21.9. The molecule has 1 saturated heterocycles. The van der Waals surface area contributed by atoms with Crippen molar-refractivity contribution in [2.24, 2.45) is 5.92 Å². The Labute approximate surface area is 192 Å². The molecule has 2 N–H and O–H groups in total. The maximum Gasteiger partial charge on any atom is 0.180 e. The Balaban J connectivity index is 0.00000150. The largest absolute Gasteiger partial charge is 0.375 e. The van der Waals surface area contributed by atoms with E-state index in [1.54, 1.807) is 18.2 Å². The highest BCUT2D eigenvalue weighted by Crippen LogP contribution is 2.39. The minimum atomic E-state index is -0.538. The zero-order chi connectivity index (χ0) is 19.0. The summed E-state index contributed by atoms with van der Waals surface area (Å²) in [4.78, 5) is 19.4. The van der Waals surface area contributed by atoms with Gasteiger partial charge in [0.05, 0.1) is 11.7 Å². The first kappa shape index (κ1) is 24.2. The van der Waals surface area contributed by atoms with Crippen molar-refractivity contribution >= 4 is 65.8 Å². The molecule has 2 heterocycles. The smallest absolute Gasteiger partial charge is 0.180 e. The third-order valence-electron chi connectivity index (χ3n) is 5.19. The third kappa shape index (κ3) is 5.52. The van der Waals surface area contributed by atoms with Gasteiger partial charge in [0.15, 0.2) is 10.9 Å². The van der Waals surface area contributed by atoms with Crippen LogP contribution in [0.25, 0.3) is 6.08 Å². The summed E-state index contributed by atoms with van der Waals surface area (Å²) >= 11 is 6.10. The molecule has 2 fully saturated rings. The Morgan fingerprint density at radius 2 is 2.03 bits per heavy atom. The predicted molar refractivity (Wildman–Crippen MR) is 125 cm³/mol. The van der Waals surface area contributed by atoms with Gasteiger partial charge in [-0.1, -0.05) is 18.2 Å². The molecule has 0 amide bonds. The first-order chi connectivity index (χ1) is 13.0. The van der Waals surface area contributed by atoms with Crippen molar-refractivity contribution in [2.45, 2.75) is 30.6 Å². The molecular weight excluding hydrogens is 452 g/mol. The van der Waals surface area contributed by atoms with Crippen molar-refractivity contribution in [3.8, 4) is 0 Å². The van der Waals surface area contributed by atoms with Crippen molar-refractivity contribution in [2.75, 3.05) is 18.8 Å². The Morgan fingerprint density at radius 3 is 2.66 bits per heavy atom. The van der Waals surface area contributed by atoms with E-state index in [1.165, 1.54) is 17.4 Å². The monoisotopic (exact) mass is 475 g/mol. The van der Waals surface area contributed by atoms with Crippen LogP contribution in [0.2, 0.25) is 0 Å². The summed E-state index contributed by atoms with van der Waals surface area (Å²) in [5, 5.41) is 2.53. The van der Waals surface area contributed by atoms with Crippen molar-refractivity contribution in [3.63, 3.8) is 0 Å². The highest BCUT2D eigenvalue weighted by atomic mass is 35.5. The van der Waals surface area contributed by atoms with Crippen LogP contribution in [-0.4, -0.2) is 34.0 Å². The minimum absolute atomic E-state index is 0. The molecule has 29 heavy (non-hydrogen) atoms. The van der Waals surface area contributed by atoms with Crippen LogP contribution in [0, 0.1) is 11.7 Å². The van der Waals surface area contributed by atoms with E-state index in [0.29, 0.717) is 23.8 Å². The average molecular weight is 476 g/mol. The first-order valence-corrected chi connectivity index (χ1v) is 10.5. The van der Waals surface area contributed by atoms with Gasteiger partial charge in [-0.15, -0.1) is 36.2 Å². The number of thiazole rings is 1. The Hall–Kier alpha value is -1.12. The number of carbonyl (C=O) groups is 1. The van der Waals surface area contributed by atoms with E-state index >= 15 is 0 Å². The van der Waals surface area contributed by atoms with Crippen LogP contribution < -0.4 is 5.73 Å². The van der Waals surface area contributed by atoms with Gasteiger partial charge in [0.1, 0.15) is 5.82 Å². The third-order valence-corrected chi connectivity index (χ3v) is 6.47. The number of thiol groups is 1. The summed E-state index contributed by atoms with van der Waals surface area (Å²) in [5.41, 5.74) is 8.10. The summed E-state index contributed by atoms with van der Waals surface area (Å²) in [6.45, 7) is 1.28. The van der Waals surface area contributed by atoms with Gasteiger partial charge in [-0.05, 0) is 37.0 Å². The minimum Gasteiger partial charge on any atom is -0.375 e. The lowest BCUT2D eigenvalue weighted by Crippen LogP contribution is -2.42. The number of nitrogens with two attached hydrogens (primary N) is 1. The summed E-state index contributed by atoms with van der Waals surface area (Å²) < 4.78 is 14.5. The zero-order valence-corrected chi connectivity index (χ0v) is 19.0. The van der Waals surface area contributed by atoms with Crippen LogP contribution >= 0.6 is 48.8 Å². The molecule has 4 nitrogen and oxygen atoms in total. The maximum atomic E-state index is 14.5. The van der Waals surface area contributed by atoms with E-state index in [1.807, 2.05) is 11.5 Å². The number of nitrogens with zero attached hydrogens (tertiary/aromatic N) is 2. The van der Waals surface area contributed by atoms with Gasteiger partial charge in [-0.25, -0.2) is 9.37 Å². The average Bonchev–Trinajstić information content (AvgIpc) is 3.42. The number of Topliss-reactive ketones (excluding diaryl/α,β-unsaturated/α-hetero) is 1. The van der Waals surface area contributed by atoms with Crippen molar-refractivity contribution < 1.29 is 9.18 Å². The number of piperidine rings is 1. The van der Waals surface area contributed by atoms with Crippen LogP contribution in [0.5, 0.6) is 0 Å². The molecule has 1 saturated carbocycles. The quantitative estimate of drug-likeness (QED) is 0.608. The summed E-state index contributed by atoms with van der Waals surface area (Å²) in [6, 6.07) is 6.09. The van der Waals surface area contributed by atoms with E-state index in [0.717, 1.165) is 30.5 Å². The number of hydrogen-bond donors (Lipinski definition) is 2. The summed E-state index contributed by atoms with van der Waals surface area (Å²) in [5.74, 6) is -0.119. The van der Waals surface area contributed by atoms with Crippen LogP contribution in [0.1, 0.15) is 36.6 Å². The van der Waals surface area contributed by atoms with Crippen LogP contribution in [-0.2, 0) is 4.79 Å². The molecular formula is C20H24Cl2FN3OS2. The highest BCUT2D eigenvalue weighted by molar-refractivity contribution is 7.81. The number of likely N-dealkylation sites (tertiary alicyclic amines) is 1. The molecule has 0 spiro atoms. The van der Waals surface area contributed by atoms with Crippen LogP contribution in [0.4, 0.5) is 9.52 Å². The van der Waals surface area contributed by atoms with Gasteiger partial charge in [-0.3, -0.25) is 9.69 Å². The molecule has 2 atom stereocenters. The molecule has 9 heteroatoms. The molecule has 1 aromatic heterocycles. The van der Waals surface area contributed by atoms with Gasteiger partial charge >= 0.3 is 0 Å². The lowest BCUT2D eigenvalue weighted by atomic mass is 9.93. The van der Waals surface area contributed by atoms with Crippen molar-refractivity contribution in [1.29, 1.82) is 0 Å². The number of nitrogen functional groups attached to an aromatic ring is 1. The van der Waals surface area contributed by atoms with E-state index in [-0.39, 0.29) is 47.6 Å². The summed E-state index contributed by atoms with van der Waals surface area (Å²) in [7, 11) is 0. The second kappa shape index (κ2) is 10.3. The number of anilines is 1. The molecule has 2 aliphatic rings. The Kier molecular flexibility index (Phi) is 8.55. The second-order valence-corrected chi connectivity index (χ2v) is 8.72. The molecule has 2 unspecified atom stereocenters. The van der Waals surface area contributed by atoms with E-state index in [9.17, 15) is 9.18 Å². The summed E-state index contributed by atoms with van der Waals surface area (Å²) in [6.07, 6.45) is 4.62. The Morgan fingerprint density at radius 1 is 1.31 bits per heavy atom. The fourth-order valence-corrected chi connectivity index (χ4v) is 4.42. The molecule has 1 aliphatic heterocycles. The van der Waals surface area contributed by atoms with Gasteiger partial charge in [0.2, 0.25) is 0 Å². The second-order valence-electron chi connectivity index (χ2n) is 7.21. The molecule has 0 bridgehead atoms. The lowest BCUT2D eigenvalue weighted by molar-refractivity contribution is -0.126. The van der Waals surface area contributed by atoms with E-state index in [2.05, 4.69) is 9.88 Å². The van der Waals surface area contributed by atoms with Gasteiger partial charge in [-0.2, -0.15) is 12.6 Å². The lowest BCUT2D eigenvalue weighted by Gasteiger charge is -2.37. The molecule has 4 rings (SSSR count). The fourth-order valence-electron chi connectivity index (χ4n) is 3.63. The standard InChI is InChI=1S/C20H22FN3OS2.2ClH/c21-16-4-2-1-3-15(16)18(19(25)12-5-6-12)24-8-7-17(26)13(10-24)9-14-11-27-20(22)23-14;;/h1-4,9,11-12,17-18,26H,5-8,10H2,(H2,22,23);2*1H/b13-9-;;. The number of halogens is 3. The molecule has 158 valence electrons. The molecule has 1 aromatic carbocycles. The molecule has 2 aromatic rings. The van der Waals surface area contributed by atoms with E-state index < -0.39 is 6.04 Å². The van der Waals surface area contributed by atoms with Gasteiger partial charge < -0.3 is 5.73 Å². The first-order valence-electron chi connectivity index (χ1n) is 9.14. The van der Waals surface area contributed by atoms with E-state index in [4.69, 9.17) is 18.4 Å². The van der Waals surface area contributed by atoms with Gasteiger partial charge in [0, 0.05) is 35.2 Å². The topological polar surface area (TPSA) is 59.2 Å². The molecule has 0 radical (unpaired) electrons. The molecule has 1 aliphatic carbocycles. The number of aromatic nitrogens is 1. The van der Waals surface area contributed by atoms with Gasteiger partial charge in [0.25, 0.3) is 0 Å². The predicted octanol–water partition coefficient (Wildman–Crippen LogP) is 4.82. The number of carbonyl (C=O) groups excluding carboxylic acids is 1. The van der Waals surface area contributed by atoms with Crippen LogP contribution in [0.15, 0.2) is 35.2 Å². The number of ketones is 1.